The van der Waals surface area contributed by atoms with E-state index in [4.69, 9.17) is 10.5 Å². The van der Waals surface area contributed by atoms with Crippen LogP contribution < -0.4 is 5.73 Å². The molecule has 1 aliphatic carbocycles. The Hall–Kier alpha value is -1.43. The third kappa shape index (κ3) is 2.14. The van der Waals surface area contributed by atoms with Crippen molar-refractivity contribution in [1.82, 2.24) is 4.90 Å². The second kappa shape index (κ2) is 4.59. The Balaban J connectivity index is 1.87. The molecule has 6 nitrogen and oxygen atoms in total. The lowest BCUT2D eigenvalue weighted by Crippen LogP contribution is -2.41. The maximum Gasteiger partial charge on any atom is 0.322 e. The van der Waals surface area contributed by atoms with Crippen LogP contribution in [0.4, 0.5) is 0 Å². The molecule has 0 aromatic rings. The average Bonchev–Trinajstić information content (AvgIpc) is 2.80. The monoisotopic (exact) mass is 268 g/mol. The topological polar surface area (TPSA) is 89.7 Å². The number of hydrogen-bond acceptors (Lipinski definition) is 5. The molecular formula is C13H20N2O4. The number of nitrogens with zero attached hydrogens (tertiary/aromatic N) is 1. The minimum absolute atomic E-state index is 0.129. The molecule has 1 heterocycles. The van der Waals surface area contributed by atoms with Gasteiger partial charge in [0.1, 0.15) is 6.04 Å². The van der Waals surface area contributed by atoms with E-state index in [0.29, 0.717) is 0 Å². The molecule has 2 amide bonds. The molecule has 1 saturated carbocycles. The molecule has 0 aromatic heterocycles. The number of nitrogens with two attached hydrogens (primary N) is 1. The molecule has 6 heteroatoms. The van der Waals surface area contributed by atoms with Crippen molar-refractivity contribution in [3.63, 3.8) is 0 Å². The summed E-state index contributed by atoms with van der Waals surface area (Å²) in [6.45, 7) is 6.03. The van der Waals surface area contributed by atoms with Gasteiger partial charge in [0.2, 0.25) is 11.8 Å². The first kappa shape index (κ1) is 14.0. The van der Waals surface area contributed by atoms with Crippen LogP contribution in [0.5, 0.6) is 0 Å². The van der Waals surface area contributed by atoms with Gasteiger partial charge in [0.05, 0.1) is 18.4 Å². The minimum Gasteiger partial charge on any atom is -0.465 e. The zero-order valence-corrected chi connectivity index (χ0v) is 11.5. The largest absolute Gasteiger partial charge is 0.465 e. The molecule has 3 unspecified atom stereocenters. The quantitative estimate of drug-likeness (QED) is 0.556. The molecule has 2 aliphatic rings. The van der Waals surface area contributed by atoms with Crippen molar-refractivity contribution in [1.29, 1.82) is 0 Å². The van der Waals surface area contributed by atoms with Crippen LogP contribution in [0.25, 0.3) is 0 Å². The molecule has 0 spiro atoms. The summed E-state index contributed by atoms with van der Waals surface area (Å²) in [6.07, 6.45) is 0.246. The zero-order chi connectivity index (χ0) is 14.4. The summed E-state index contributed by atoms with van der Waals surface area (Å²) in [6, 6.07) is -0.787. The van der Waals surface area contributed by atoms with Crippen LogP contribution in [0.15, 0.2) is 0 Å². The molecule has 2 rings (SSSR count). The normalized spacial score (nSPS) is 29.2. The molecule has 19 heavy (non-hydrogen) atoms. The number of esters is 1. The van der Waals surface area contributed by atoms with Gasteiger partial charge in [0.15, 0.2) is 0 Å². The van der Waals surface area contributed by atoms with Crippen LogP contribution in [0.3, 0.4) is 0 Å². The molecule has 3 atom stereocenters. The van der Waals surface area contributed by atoms with E-state index in [9.17, 15) is 14.4 Å². The van der Waals surface area contributed by atoms with Crippen molar-refractivity contribution >= 4 is 17.8 Å². The Labute approximate surface area is 112 Å². The fourth-order valence-electron chi connectivity index (χ4n) is 2.86. The standard InChI is InChI=1S/C13H20N2O4/c1-4-19-12(18)7(14)5-6-15-10(16)8-9(11(15)17)13(8,2)3/h7-9H,4-6,14H2,1-3H3. The third-order valence-electron chi connectivity index (χ3n) is 4.14. The molecule has 2 fully saturated rings. The smallest absolute Gasteiger partial charge is 0.322 e. The Morgan fingerprint density at radius 3 is 2.37 bits per heavy atom. The fourth-order valence-corrected chi connectivity index (χ4v) is 2.86. The second-order valence-corrected chi connectivity index (χ2v) is 5.75. The van der Waals surface area contributed by atoms with Crippen molar-refractivity contribution in [3.05, 3.63) is 0 Å². The summed E-state index contributed by atoms with van der Waals surface area (Å²) in [5.74, 6) is -1.11. The van der Waals surface area contributed by atoms with Crippen LogP contribution in [0, 0.1) is 17.3 Å². The van der Waals surface area contributed by atoms with Gasteiger partial charge < -0.3 is 10.5 Å². The van der Waals surface area contributed by atoms with Crippen molar-refractivity contribution in [2.24, 2.45) is 23.0 Å². The number of ether oxygens (including phenoxy) is 1. The van der Waals surface area contributed by atoms with Crippen molar-refractivity contribution in [2.45, 2.75) is 33.2 Å². The van der Waals surface area contributed by atoms with Gasteiger partial charge in [-0.15, -0.1) is 0 Å². The number of carbonyl (C=O) groups is 3. The first-order chi connectivity index (χ1) is 8.82. The summed E-state index contributed by atoms with van der Waals surface area (Å²) < 4.78 is 4.78. The number of imide groups is 1. The highest BCUT2D eigenvalue weighted by Crippen LogP contribution is 2.63. The summed E-state index contributed by atoms with van der Waals surface area (Å²) in [7, 11) is 0. The number of amides is 2. The van der Waals surface area contributed by atoms with Gasteiger partial charge in [-0.1, -0.05) is 13.8 Å². The summed E-state index contributed by atoms with van der Waals surface area (Å²) in [5, 5.41) is 0. The van der Waals surface area contributed by atoms with Crippen molar-refractivity contribution in [3.8, 4) is 0 Å². The first-order valence-corrected chi connectivity index (χ1v) is 6.59. The Morgan fingerprint density at radius 2 is 1.89 bits per heavy atom. The maximum absolute atomic E-state index is 12.0. The minimum atomic E-state index is -0.787. The van der Waals surface area contributed by atoms with E-state index in [2.05, 4.69) is 0 Å². The van der Waals surface area contributed by atoms with Crippen molar-refractivity contribution in [2.75, 3.05) is 13.2 Å². The maximum atomic E-state index is 12.0. The van der Waals surface area contributed by atoms with E-state index in [-0.39, 0.29) is 48.6 Å². The van der Waals surface area contributed by atoms with Gasteiger partial charge in [-0.2, -0.15) is 0 Å². The predicted octanol–water partition coefficient (Wildman–Crippen LogP) is -0.0921. The third-order valence-corrected chi connectivity index (χ3v) is 4.14. The Bertz CT molecular complexity index is 408. The zero-order valence-electron chi connectivity index (χ0n) is 11.5. The summed E-state index contributed by atoms with van der Waals surface area (Å²) >= 11 is 0. The van der Waals surface area contributed by atoms with E-state index in [1.54, 1.807) is 6.92 Å². The number of hydrogen-bond donors (Lipinski definition) is 1. The van der Waals surface area contributed by atoms with Crippen molar-refractivity contribution < 1.29 is 19.1 Å². The number of carbonyl (C=O) groups excluding carboxylic acids is 3. The van der Waals surface area contributed by atoms with Gasteiger partial charge in [0, 0.05) is 6.54 Å². The molecule has 106 valence electrons. The van der Waals surface area contributed by atoms with E-state index in [0.717, 1.165) is 0 Å². The van der Waals surface area contributed by atoms with Gasteiger partial charge in [0.25, 0.3) is 0 Å². The van der Waals surface area contributed by atoms with Gasteiger partial charge in [-0.25, -0.2) is 0 Å². The van der Waals surface area contributed by atoms with E-state index in [1.165, 1.54) is 4.90 Å². The Kier molecular flexibility index (Phi) is 3.38. The molecule has 2 N–H and O–H groups in total. The average molecular weight is 268 g/mol. The lowest BCUT2D eigenvalue weighted by Gasteiger charge is -2.21. The second-order valence-electron chi connectivity index (χ2n) is 5.75. The number of likely N-dealkylation sites (tertiary alicyclic amines) is 1. The van der Waals surface area contributed by atoms with Crippen LogP contribution in [0.2, 0.25) is 0 Å². The van der Waals surface area contributed by atoms with E-state index in [1.807, 2.05) is 13.8 Å². The fraction of sp³-hybridized carbons (Fsp3) is 0.769. The van der Waals surface area contributed by atoms with Crippen LogP contribution in [0.1, 0.15) is 27.2 Å². The van der Waals surface area contributed by atoms with Gasteiger partial charge in [-0.3, -0.25) is 19.3 Å². The lowest BCUT2D eigenvalue weighted by molar-refractivity contribution is -0.147. The SMILES string of the molecule is CCOC(=O)C(N)CCN1C(=O)C2C(C1=O)C2(C)C. The highest BCUT2D eigenvalue weighted by Gasteiger charge is 2.72. The summed E-state index contributed by atoms with van der Waals surface area (Å²) in [5.41, 5.74) is 5.45. The molecule has 0 radical (unpaired) electrons. The number of fused-ring (bicyclic) bond motifs is 1. The molecule has 1 aliphatic heterocycles. The van der Waals surface area contributed by atoms with Crippen LogP contribution in [-0.2, 0) is 19.1 Å². The number of piperidine rings is 1. The van der Waals surface area contributed by atoms with E-state index < -0.39 is 12.0 Å². The summed E-state index contributed by atoms with van der Waals surface area (Å²) in [4.78, 5) is 36.6. The number of rotatable bonds is 5. The van der Waals surface area contributed by atoms with Crippen LogP contribution in [-0.4, -0.2) is 41.9 Å². The van der Waals surface area contributed by atoms with E-state index >= 15 is 0 Å². The molecule has 0 aromatic carbocycles. The van der Waals surface area contributed by atoms with Crippen LogP contribution >= 0.6 is 0 Å². The molecular weight excluding hydrogens is 248 g/mol. The first-order valence-electron chi connectivity index (χ1n) is 6.59. The highest BCUT2D eigenvalue weighted by atomic mass is 16.5. The molecule has 1 saturated heterocycles. The van der Waals surface area contributed by atoms with Gasteiger partial charge >= 0.3 is 5.97 Å². The predicted molar refractivity (Wildman–Crippen MR) is 66.7 cm³/mol. The highest BCUT2D eigenvalue weighted by molar-refractivity contribution is 6.10. The van der Waals surface area contributed by atoms with Gasteiger partial charge in [-0.05, 0) is 18.8 Å². The molecule has 0 bridgehead atoms. The lowest BCUT2D eigenvalue weighted by atomic mass is 10.1. The Morgan fingerprint density at radius 1 is 1.37 bits per heavy atom.